The van der Waals surface area contributed by atoms with Gasteiger partial charge in [-0.15, -0.1) is 0 Å². The smallest absolute Gasteiger partial charge is 0.303 e. The van der Waals surface area contributed by atoms with Gasteiger partial charge in [0.1, 0.15) is 17.6 Å². The number of aliphatic carboxylic acids is 1. The summed E-state index contributed by atoms with van der Waals surface area (Å²) in [5.74, 6) is -0.679. The van der Waals surface area contributed by atoms with Gasteiger partial charge in [0.15, 0.2) is 0 Å². The fourth-order valence-electron chi connectivity index (χ4n) is 4.30. The normalized spacial score (nSPS) is 18.1. The van der Waals surface area contributed by atoms with Crippen LogP contribution in [-0.4, -0.2) is 61.3 Å². The van der Waals surface area contributed by atoms with E-state index in [0.717, 1.165) is 34.5 Å². The number of methoxy groups -OCH3 is 2. The van der Waals surface area contributed by atoms with Crippen LogP contribution in [0, 0.1) is 0 Å². The molecule has 202 valence electrons. The van der Waals surface area contributed by atoms with Crippen molar-refractivity contribution in [2.24, 2.45) is 10.7 Å². The molecule has 4 rings (SSSR count). The van der Waals surface area contributed by atoms with Crippen molar-refractivity contribution in [1.82, 2.24) is 0 Å². The van der Waals surface area contributed by atoms with E-state index in [1.807, 2.05) is 37.3 Å². The molecule has 1 aliphatic carbocycles. The number of benzene rings is 2. The molecule has 2 aromatic rings. The molecule has 1 aliphatic heterocycles. The summed E-state index contributed by atoms with van der Waals surface area (Å²) < 4.78 is 16.8. The molecule has 1 amide bonds. The first kappa shape index (κ1) is 28.8. The number of carboxylic acids is 1. The summed E-state index contributed by atoms with van der Waals surface area (Å²) in [6.45, 7) is 3.22. The van der Waals surface area contributed by atoms with E-state index < -0.39 is 18.0 Å². The summed E-state index contributed by atoms with van der Waals surface area (Å²) in [6, 6.07) is 14.9. The summed E-state index contributed by atoms with van der Waals surface area (Å²) >= 11 is 0. The molecule has 0 radical (unpaired) electrons. The number of carbonyl (C=O) groups excluding carboxylic acids is 1. The van der Waals surface area contributed by atoms with Crippen LogP contribution in [0.4, 0.5) is 5.69 Å². The highest BCUT2D eigenvalue weighted by molar-refractivity contribution is 6.41. The van der Waals surface area contributed by atoms with E-state index in [2.05, 4.69) is 4.99 Å². The maximum Gasteiger partial charge on any atom is 0.303 e. The lowest BCUT2D eigenvalue weighted by Crippen LogP contribution is -2.26. The van der Waals surface area contributed by atoms with Gasteiger partial charge in [-0.3, -0.25) is 9.59 Å². The first-order valence-electron chi connectivity index (χ1n) is 12.3. The minimum Gasteiger partial charge on any atom is -0.496 e. The second kappa shape index (κ2) is 13.7. The number of carboxylic acid groups (broad SMARTS) is 1. The first-order valence-corrected chi connectivity index (χ1v) is 12.3. The van der Waals surface area contributed by atoms with E-state index >= 15 is 0 Å². The van der Waals surface area contributed by atoms with E-state index in [9.17, 15) is 14.7 Å². The molecule has 4 N–H and O–H groups in total. The predicted octanol–water partition coefficient (Wildman–Crippen LogP) is 3.73. The Morgan fingerprint density at radius 1 is 1.11 bits per heavy atom. The van der Waals surface area contributed by atoms with Gasteiger partial charge in [-0.2, -0.15) is 0 Å². The number of primary amides is 1. The molecule has 0 bridgehead atoms. The number of amides is 1. The maximum absolute atomic E-state index is 10.8. The third kappa shape index (κ3) is 7.16. The van der Waals surface area contributed by atoms with Crippen LogP contribution in [-0.2, 0) is 30.2 Å². The number of aliphatic hydroxyl groups is 1. The minimum absolute atomic E-state index is 0.0150. The second-order valence-electron chi connectivity index (χ2n) is 8.76. The monoisotopic (exact) mass is 522 g/mol. The Morgan fingerprint density at radius 2 is 1.82 bits per heavy atom. The molecule has 2 unspecified atom stereocenters. The van der Waals surface area contributed by atoms with Crippen LogP contribution in [0.5, 0.6) is 0 Å². The molecule has 2 atom stereocenters. The fraction of sp³-hybridized carbons (Fsp3) is 0.345. The van der Waals surface area contributed by atoms with Crippen molar-refractivity contribution in [3.05, 3.63) is 82.6 Å². The van der Waals surface area contributed by atoms with Crippen LogP contribution in [0.3, 0.4) is 0 Å². The highest BCUT2D eigenvalue weighted by Gasteiger charge is 2.28. The Bertz CT molecular complexity index is 1230. The summed E-state index contributed by atoms with van der Waals surface area (Å²) in [6.07, 6.45) is 2.39. The molecule has 9 nitrogen and oxygen atoms in total. The number of para-hydroxylation sites is 1. The van der Waals surface area contributed by atoms with E-state index in [-0.39, 0.29) is 18.2 Å². The molecule has 9 heteroatoms. The number of carbonyl (C=O) groups is 2. The maximum atomic E-state index is 10.8. The molecule has 38 heavy (non-hydrogen) atoms. The van der Waals surface area contributed by atoms with Gasteiger partial charge < -0.3 is 30.2 Å². The number of aryl methyl sites for hydroxylation is 1. The van der Waals surface area contributed by atoms with E-state index in [4.69, 9.17) is 25.1 Å². The van der Waals surface area contributed by atoms with E-state index in [0.29, 0.717) is 30.9 Å². The summed E-state index contributed by atoms with van der Waals surface area (Å²) in [5.41, 5.74) is 10.5. The molecule has 2 aromatic carbocycles. The van der Waals surface area contributed by atoms with Gasteiger partial charge >= 0.3 is 5.97 Å². The number of allylic oxidation sites excluding steroid dienone is 1. The number of nitrogens with zero attached hydrogens (tertiary/aromatic N) is 1. The molecule has 0 fully saturated rings. The van der Waals surface area contributed by atoms with Crippen molar-refractivity contribution >= 4 is 28.8 Å². The number of ether oxygens (including phenoxy) is 3. The lowest BCUT2D eigenvalue weighted by molar-refractivity contribution is -0.137. The Kier molecular flexibility index (Phi) is 10.3. The third-order valence-corrected chi connectivity index (χ3v) is 6.24. The zero-order valence-electron chi connectivity index (χ0n) is 21.8. The standard InChI is InChI=1S/C20H26O5.C9H8N2O2/c1-4-25-13-15-11-17(23-2)20(18(12-15)24-3)16-8-5-14(6-9-16)7-10-19(21)22;10-9(13)7-8(12)5-3-1-2-4-6(5)11-7/h5-6,8-9,11,18H,4,7,10,12-13H2,1-3H3,(H,21,22);1-4,8,12H,(H2,10,13). The minimum atomic E-state index is -0.964. The average Bonchev–Trinajstić information content (AvgIpc) is 3.27. The van der Waals surface area contributed by atoms with Gasteiger partial charge in [-0.1, -0.05) is 42.5 Å². The Hall–Kier alpha value is -3.79. The van der Waals surface area contributed by atoms with Gasteiger partial charge in [-0.05, 0) is 42.2 Å². The van der Waals surface area contributed by atoms with Crippen molar-refractivity contribution < 1.29 is 34.0 Å². The second-order valence-corrected chi connectivity index (χ2v) is 8.76. The Morgan fingerprint density at radius 3 is 2.39 bits per heavy atom. The zero-order chi connectivity index (χ0) is 27.7. The summed E-state index contributed by atoms with van der Waals surface area (Å²) in [7, 11) is 3.35. The first-order chi connectivity index (χ1) is 18.3. The largest absolute Gasteiger partial charge is 0.496 e. The van der Waals surface area contributed by atoms with Gasteiger partial charge in [0.25, 0.3) is 5.91 Å². The SMILES string of the molecule is CCOCC1=CC(OC)=C(c2ccc(CCC(=O)O)cc2)C(OC)C1.NC(=O)C1=Nc2ccccc2C1O. The van der Waals surface area contributed by atoms with Gasteiger partial charge in [0, 0.05) is 37.7 Å². The van der Waals surface area contributed by atoms with E-state index in [1.54, 1.807) is 38.5 Å². The fourth-order valence-corrected chi connectivity index (χ4v) is 4.30. The van der Waals surface area contributed by atoms with Crippen molar-refractivity contribution in [1.29, 1.82) is 0 Å². The zero-order valence-corrected chi connectivity index (χ0v) is 21.8. The van der Waals surface area contributed by atoms with Gasteiger partial charge in [0.05, 0.1) is 25.5 Å². The van der Waals surface area contributed by atoms with Crippen molar-refractivity contribution in [2.75, 3.05) is 27.4 Å². The summed E-state index contributed by atoms with van der Waals surface area (Å²) in [4.78, 5) is 25.4. The van der Waals surface area contributed by atoms with Crippen LogP contribution in [0.2, 0.25) is 0 Å². The van der Waals surface area contributed by atoms with Crippen LogP contribution >= 0.6 is 0 Å². The van der Waals surface area contributed by atoms with Crippen molar-refractivity contribution in [2.45, 2.75) is 38.4 Å². The van der Waals surface area contributed by atoms with Gasteiger partial charge in [-0.25, -0.2) is 4.99 Å². The van der Waals surface area contributed by atoms with Crippen LogP contribution in [0.1, 0.15) is 42.6 Å². The van der Waals surface area contributed by atoms with Gasteiger partial charge in [0.2, 0.25) is 0 Å². The molecule has 2 aliphatic rings. The number of hydrogen-bond donors (Lipinski definition) is 3. The quantitative estimate of drug-likeness (QED) is 0.432. The number of aliphatic imine (C=N–C) groups is 1. The number of aliphatic hydroxyl groups excluding tert-OH is 1. The summed E-state index contributed by atoms with van der Waals surface area (Å²) in [5, 5.41) is 18.4. The van der Waals surface area contributed by atoms with Crippen LogP contribution in [0.15, 0.2) is 70.9 Å². The molecule has 0 saturated carbocycles. The predicted molar refractivity (Wildman–Crippen MR) is 144 cm³/mol. The third-order valence-electron chi connectivity index (χ3n) is 6.24. The molecule has 0 aromatic heterocycles. The highest BCUT2D eigenvalue weighted by atomic mass is 16.5. The number of fused-ring (bicyclic) bond motifs is 1. The number of rotatable bonds is 10. The molecular weight excluding hydrogens is 488 g/mol. The van der Waals surface area contributed by atoms with E-state index in [1.165, 1.54) is 0 Å². The molecular formula is C29H34N2O7. The molecule has 0 saturated heterocycles. The lowest BCUT2D eigenvalue weighted by atomic mass is 9.89. The number of nitrogens with two attached hydrogens (primary N) is 1. The lowest BCUT2D eigenvalue weighted by Gasteiger charge is -2.27. The Labute approximate surface area is 222 Å². The van der Waals surface area contributed by atoms with Crippen LogP contribution in [0.25, 0.3) is 5.57 Å². The number of hydrogen-bond acceptors (Lipinski definition) is 7. The van der Waals surface area contributed by atoms with Crippen molar-refractivity contribution in [3.8, 4) is 0 Å². The highest BCUT2D eigenvalue weighted by Crippen LogP contribution is 2.35. The Balaban J connectivity index is 0.000000256. The molecule has 0 spiro atoms. The van der Waals surface area contributed by atoms with Crippen molar-refractivity contribution in [3.63, 3.8) is 0 Å². The average molecular weight is 523 g/mol. The topological polar surface area (TPSA) is 141 Å². The molecule has 1 heterocycles. The van der Waals surface area contributed by atoms with Crippen LogP contribution < -0.4 is 5.73 Å².